The fourth-order valence-corrected chi connectivity index (χ4v) is 4.36. The minimum atomic E-state index is 0.316. The maximum atomic E-state index is 4.80. The van der Waals surface area contributed by atoms with Gasteiger partial charge in [-0.2, -0.15) is 11.8 Å². The van der Waals surface area contributed by atoms with E-state index in [-0.39, 0.29) is 0 Å². The van der Waals surface area contributed by atoms with Gasteiger partial charge in [0.2, 0.25) is 0 Å². The number of imidazole rings is 1. The first-order chi connectivity index (χ1) is 12.2. The Morgan fingerprint density at radius 3 is 3.00 bits per heavy atom. The molecule has 1 saturated heterocycles. The second-order valence-corrected chi connectivity index (χ2v) is 8.51. The van der Waals surface area contributed by atoms with Crippen molar-refractivity contribution in [3.8, 4) is 0 Å². The highest BCUT2D eigenvalue weighted by Gasteiger charge is 2.29. The van der Waals surface area contributed by atoms with Crippen LogP contribution in [-0.4, -0.2) is 46.1 Å². The van der Waals surface area contributed by atoms with Crippen LogP contribution in [0.15, 0.2) is 29.3 Å². The van der Waals surface area contributed by atoms with Gasteiger partial charge >= 0.3 is 0 Å². The Hall–Kier alpha value is -1.69. The van der Waals surface area contributed by atoms with Crippen LogP contribution in [0.5, 0.6) is 0 Å². The van der Waals surface area contributed by atoms with Gasteiger partial charge in [0.1, 0.15) is 5.82 Å². The van der Waals surface area contributed by atoms with Crippen molar-refractivity contribution in [3.05, 3.63) is 30.1 Å². The van der Waals surface area contributed by atoms with Crippen molar-refractivity contribution >= 4 is 28.8 Å². The molecule has 1 fully saturated rings. The smallest absolute Gasteiger partial charge is 0.191 e. The molecule has 6 heteroatoms. The lowest BCUT2D eigenvalue weighted by Gasteiger charge is -2.21. The molecule has 0 bridgehead atoms. The Balaban J connectivity index is 1.46. The maximum Gasteiger partial charge on any atom is 0.191 e. The number of hydrogen-bond acceptors (Lipinski definition) is 3. The number of aromatic amines is 1. The van der Waals surface area contributed by atoms with Gasteiger partial charge in [0, 0.05) is 24.3 Å². The number of hydrogen-bond donors (Lipinski definition) is 3. The molecule has 1 aliphatic heterocycles. The first-order valence-electron chi connectivity index (χ1n) is 9.28. The SMILES string of the molecule is CCNC(=NCC1(C)CCCS1)NCCCc1nc2ccccc2[nH]1. The van der Waals surface area contributed by atoms with Crippen LogP contribution in [0.2, 0.25) is 0 Å². The third kappa shape index (κ3) is 5.14. The van der Waals surface area contributed by atoms with Crippen molar-refractivity contribution in [2.45, 2.75) is 44.3 Å². The summed E-state index contributed by atoms with van der Waals surface area (Å²) >= 11 is 2.06. The van der Waals surface area contributed by atoms with Crippen LogP contribution in [0, 0.1) is 0 Å². The van der Waals surface area contributed by atoms with E-state index < -0.39 is 0 Å². The molecule has 0 amide bonds. The minimum absolute atomic E-state index is 0.316. The second kappa shape index (κ2) is 8.61. The highest BCUT2D eigenvalue weighted by Crippen LogP contribution is 2.37. The summed E-state index contributed by atoms with van der Waals surface area (Å²) < 4.78 is 0.316. The molecule has 25 heavy (non-hydrogen) atoms. The second-order valence-electron chi connectivity index (χ2n) is 6.83. The van der Waals surface area contributed by atoms with Crippen LogP contribution in [0.4, 0.5) is 0 Å². The Kier molecular flexibility index (Phi) is 6.24. The molecule has 2 heterocycles. The van der Waals surface area contributed by atoms with Gasteiger partial charge in [-0.25, -0.2) is 4.98 Å². The van der Waals surface area contributed by atoms with Crippen LogP contribution in [-0.2, 0) is 6.42 Å². The van der Waals surface area contributed by atoms with Crippen molar-refractivity contribution in [1.29, 1.82) is 0 Å². The third-order valence-corrected chi connectivity index (χ3v) is 6.06. The lowest BCUT2D eigenvalue weighted by Crippen LogP contribution is -2.39. The van der Waals surface area contributed by atoms with E-state index in [1.54, 1.807) is 0 Å². The standard InChI is InChI=1S/C19H29N5S/c1-3-20-18(22-14-19(2)11-7-13-25-19)21-12-6-10-17-23-15-8-4-5-9-16(15)24-17/h4-5,8-9H,3,6-7,10-14H2,1-2H3,(H,23,24)(H2,20,21,22). The molecule has 0 saturated carbocycles. The van der Waals surface area contributed by atoms with Gasteiger partial charge in [0.25, 0.3) is 0 Å². The van der Waals surface area contributed by atoms with Crippen LogP contribution in [0.25, 0.3) is 11.0 Å². The number of aryl methyl sites for hydroxylation is 1. The fraction of sp³-hybridized carbons (Fsp3) is 0.579. The molecule has 136 valence electrons. The predicted octanol–water partition coefficient (Wildman–Crippen LogP) is 3.34. The summed E-state index contributed by atoms with van der Waals surface area (Å²) in [5.41, 5.74) is 2.16. The molecule has 1 atom stereocenters. The van der Waals surface area contributed by atoms with E-state index in [4.69, 9.17) is 4.99 Å². The van der Waals surface area contributed by atoms with E-state index >= 15 is 0 Å². The van der Waals surface area contributed by atoms with Crippen molar-refractivity contribution in [2.75, 3.05) is 25.4 Å². The summed E-state index contributed by atoms with van der Waals surface area (Å²) in [5, 5.41) is 6.80. The number of thioether (sulfide) groups is 1. The number of fused-ring (bicyclic) bond motifs is 1. The van der Waals surface area contributed by atoms with Gasteiger partial charge in [0.15, 0.2) is 5.96 Å². The molecule has 1 aromatic carbocycles. The number of para-hydroxylation sites is 2. The topological polar surface area (TPSA) is 65.1 Å². The van der Waals surface area contributed by atoms with Gasteiger partial charge in [-0.1, -0.05) is 12.1 Å². The molecular formula is C19H29N5S. The van der Waals surface area contributed by atoms with Crippen molar-refractivity contribution in [1.82, 2.24) is 20.6 Å². The first kappa shape index (κ1) is 18.1. The number of nitrogens with zero attached hydrogens (tertiary/aromatic N) is 2. The van der Waals surface area contributed by atoms with Crippen LogP contribution in [0.3, 0.4) is 0 Å². The Morgan fingerprint density at radius 1 is 1.36 bits per heavy atom. The first-order valence-corrected chi connectivity index (χ1v) is 10.3. The average Bonchev–Trinajstić information content (AvgIpc) is 3.22. The number of aliphatic imine (C=N–C) groups is 1. The zero-order valence-electron chi connectivity index (χ0n) is 15.3. The average molecular weight is 360 g/mol. The summed E-state index contributed by atoms with van der Waals surface area (Å²) in [6, 6.07) is 8.18. The summed E-state index contributed by atoms with van der Waals surface area (Å²) in [4.78, 5) is 12.8. The summed E-state index contributed by atoms with van der Waals surface area (Å²) in [5.74, 6) is 3.26. The molecule has 3 N–H and O–H groups in total. The van der Waals surface area contributed by atoms with Crippen LogP contribution in [0.1, 0.15) is 38.9 Å². The van der Waals surface area contributed by atoms with Gasteiger partial charge in [0.05, 0.1) is 17.6 Å². The van der Waals surface area contributed by atoms with E-state index in [2.05, 4.69) is 52.3 Å². The lowest BCUT2D eigenvalue weighted by atomic mass is 10.1. The molecule has 1 aromatic heterocycles. The van der Waals surface area contributed by atoms with Crippen LogP contribution >= 0.6 is 11.8 Å². The number of rotatable bonds is 7. The molecule has 5 nitrogen and oxygen atoms in total. The molecule has 1 unspecified atom stereocenters. The van der Waals surface area contributed by atoms with Crippen LogP contribution < -0.4 is 10.6 Å². The summed E-state index contributed by atoms with van der Waals surface area (Å²) in [7, 11) is 0. The summed E-state index contributed by atoms with van der Waals surface area (Å²) in [6.45, 7) is 7.11. The van der Waals surface area contributed by atoms with Gasteiger partial charge in [-0.15, -0.1) is 0 Å². The highest BCUT2D eigenvalue weighted by atomic mass is 32.2. The molecule has 3 rings (SSSR count). The normalized spacial score (nSPS) is 21.0. The van der Waals surface area contributed by atoms with Gasteiger partial charge in [-0.05, 0) is 51.0 Å². The Bertz CT molecular complexity index is 670. The fourth-order valence-electron chi connectivity index (χ4n) is 3.14. The lowest BCUT2D eigenvalue weighted by molar-refractivity contribution is 0.613. The van der Waals surface area contributed by atoms with E-state index in [0.717, 1.165) is 55.3 Å². The Morgan fingerprint density at radius 2 is 2.24 bits per heavy atom. The Labute approximate surface area is 154 Å². The number of aromatic nitrogens is 2. The zero-order valence-corrected chi connectivity index (χ0v) is 16.1. The van der Waals surface area contributed by atoms with Gasteiger partial charge in [-0.3, -0.25) is 4.99 Å². The monoisotopic (exact) mass is 359 g/mol. The number of benzene rings is 1. The highest BCUT2D eigenvalue weighted by molar-refractivity contribution is 8.00. The van der Waals surface area contributed by atoms with Crippen molar-refractivity contribution in [2.24, 2.45) is 4.99 Å². The molecule has 0 spiro atoms. The number of guanidine groups is 1. The van der Waals surface area contributed by atoms with E-state index in [1.165, 1.54) is 18.6 Å². The molecule has 0 aliphatic carbocycles. The molecule has 2 aromatic rings. The van der Waals surface area contributed by atoms with Crippen molar-refractivity contribution in [3.63, 3.8) is 0 Å². The van der Waals surface area contributed by atoms with E-state index in [9.17, 15) is 0 Å². The third-order valence-electron chi connectivity index (χ3n) is 4.54. The maximum absolute atomic E-state index is 4.80. The summed E-state index contributed by atoms with van der Waals surface area (Å²) in [6.07, 6.45) is 4.55. The number of H-pyrrole nitrogens is 1. The van der Waals surface area contributed by atoms with Crippen molar-refractivity contribution < 1.29 is 0 Å². The zero-order chi connectivity index (χ0) is 17.5. The molecule has 0 radical (unpaired) electrons. The van der Waals surface area contributed by atoms with E-state index in [1.807, 2.05) is 18.2 Å². The largest absolute Gasteiger partial charge is 0.357 e. The minimum Gasteiger partial charge on any atom is -0.357 e. The quantitative estimate of drug-likeness (QED) is 0.403. The predicted molar refractivity (Wildman–Crippen MR) is 108 cm³/mol. The van der Waals surface area contributed by atoms with Gasteiger partial charge < -0.3 is 15.6 Å². The molecular weight excluding hydrogens is 330 g/mol. The molecule has 1 aliphatic rings. The van der Waals surface area contributed by atoms with E-state index in [0.29, 0.717) is 4.75 Å². The number of nitrogens with one attached hydrogen (secondary N) is 3.